The van der Waals surface area contributed by atoms with Gasteiger partial charge in [0.25, 0.3) is 11.6 Å². The molecule has 0 atom stereocenters. The predicted molar refractivity (Wildman–Crippen MR) is 103 cm³/mol. The first-order valence-electron chi connectivity index (χ1n) is 9.25. The lowest BCUT2D eigenvalue weighted by Gasteiger charge is -2.27. The molecule has 2 aromatic rings. The summed E-state index contributed by atoms with van der Waals surface area (Å²) in [6.07, 6.45) is 1.68. The largest absolute Gasteiger partial charge is 0.486 e. The average molecular weight is 400 g/mol. The van der Waals surface area contributed by atoms with Crippen molar-refractivity contribution in [2.45, 2.75) is 6.54 Å². The van der Waals surface area contributed by atoms with Crippen LogP contribution in [0.1, 0.15) is 15.9 Å². The molecule has 152 valence electrons. The number of nitrogens with one attached hydrogen (secondary N) is 1. The molecule has 0 aliphatic carbocycles. The Hall–Kier alpha value is -3.40. The standard InChI is InChI=1S/C19H20N4O6/c24-19(14-9-16-17(29-8-7-28-16)10-15(14)23(25)26)21-12-13-1-2-18(20-11-13)22-3-5-27-6-4-22/h1-2,9-11H,3-8,12H2,(H,21,24). The Labute approximate surface area is 166 Å². The van der Waals surface area contributed by atoms with Gasteiger partial charge < -0.3 is 24.4 Å². The van der Waals surface area contributed by atoms with Gasteiger partial charge in [-0.15, -0.1) is 0 Å². The van der Waals surface area contributed by atoms with Gasteiger partial charge >= 0.3 is 0 Å². The van der Waals surface area contributed by atoms with Crippen LogP contribution in [0.3, 0.4) is 0 Å². The summed E-state index contributed by atoms with van der Waals surface area (Å²) in [5.74, 6) is 0.878. The van der Waals surface area contributed by atoms with Gasteiger partial charge in [0.15, 0.2) is 11.5 Å². The number of amides is 1. The normalized spacial score (nSPS) is 15.7. The van der Waals surface area contributed by atoms with Crippen LogP contribution in [0, 0.1) is 10.1 Å². The van der Waals surface area contributed by atoms with E-state index < -0.39 is 10.8 Å². The van der Waals surface area contributed by atoms with E-state index in [1.54, 1.807) is 6.20 Å². The van der Waals surface area contributed by atoms with E-state index in [4.69, 9.17) is 14.2 Å². The second-order valence-corrected chi connectivity index (χ2v) is 6.58. The van der Waals surface area contributed by atoms with E-state index in [1.165, 1.54) is 12.1 Å². The summed E-state index contributed by atoms with van der Waals surface area (Å²) in [4.78, 5) is 29.9. The summed E-state index contributed by atoms with van der Waals surface area (Å²) in [5, 5.41) is 14.1. The number of benzene rings is 1. The zero-order valence-corrected chi connectivity index (χ0v) is 15.6. The number of fused-ring (bicyclic) bond motifs is 1. The molecule has 10 heteroatoms. The molecular formula is C19H20N4O6. The smallest absolute Gasteiger partial charge is 0.286 e. The van der Waals surface area contributed by atoms with E-state index in [1.807, 2.05) is 12.1 Å². The number of ether oxygens (including phenoxy) is 3. The molecule has 2 aliphatic rings. The quantitative estimate of drug-likeness (QED) is 0.593. The highest BCUT2D eigenvalue weighted by Gasteiger charge is 2.26. The van der Waals surface area contributed by atoms with Crippen molar-refractivity contribution in [3.63, 3.8) is 0 Å². The number of morpholine rings is 1. The van der Waals surface area contributed by atoms with Gasteiger partial charge in [-0.25, -0.2) is 4.98 Å². The molecule has 10 nitrogen and oxygen atoms in total. The Kier molecular flexibility index (Phi) is 5.43. The maximum Gasteiger partial charge on any atom is 0.286 e. The molecule has 0 unspecified atom stereocenters. The minimum absolute atomic E-state index is 0.0721. The molecule has 29 heavy (non-hydrogen) atoms. The van der Waals surface area contributed by atoms with Crippen molar-refractivity contribution in [3.8, 4) is 11.5 Å². The van der Waals surface area contributed by atoms with Crippen molar-refractivity contribution in [2.75, 3.05) is 44.4 Å². The highest BCUT2D eigenvalue weighted by atomic mass is 16.6. The highest BCUT2D eigenvalue weighted by Crippen LogP contribution is 2.36. The summed E-state index contributed by atoms with van der Waals surface area (Å²) in [5.41, 5.74) is 0.389. The Balaban J connectivity index is 1.45. The van der Waals surface area contributed by atoms with Crippen molar-refractivity contribution >= 4 is 17.4 Å². The van der Waals surface area contributed by atoms with Crippen molar-refractivity contribution in [3.05, 3.63) is 51.7 Å². The van der Waals surface area contributed by atoms with Crippen LogP contribution in [0.2, 0.25) is 0 Å². The molecule has 1 saturated heterocycles. The number of rotatable bonds is 5. The number of aromatic nitrogens is 1. The van der Waals surface area contributed by atoms with Gasteiger partial charge in [0.2, 0.25) is 0 Å². The molecular weight excluding hydrogens is 380 g/mol. The van der Waals surface area contributed by atoms with Gasteiger partial charge in [0, 0.05) is 31.9 Å². The number of carbonyl (C=O) groups is 1. The molecule has 3 heterocycles. The fourth-order valence-corrected chi connectivity index (χ4v) is 3.19. The van der Waals surface area contributed by atoms with Gasteiger partial charge in [-0.2, -0.15) is 0 Å². The number of nitro benzene ring substituents is 1. The number of carbonyl (C=O) groups excluding carboxylic acids is 1. The number of nitrogens with zero attached hydrogens (tertiary/aromatic N) is 3. The molecule has 0 bridgehead atoms. The third-order valence-corrected chi connectivity index (χ3v) is 4.70. The molecule has 1 N–H and O–H groups in total. The lowest BCUT2D eigenvalue weighted by atomic mass is 10.1. The minimum atomic E-state index is -0.605. The van der Waals surface area contributed by atoms with E-state index in [0.29, 0.717) is 32.2 Å². The first-order valence-corrected chi connectivity index (χ1v) is 9.25. The molecule has 4 rings (SSSR count). The summed E-state index contributed by atoms with van der Waals surface area (Å²) in [6, 6.07) is 6.33. The van der Waals surface area contributed by atoms with E-state index in [9.17, 15) is 14.9 Å². The van der Waals surface area contributed by atoms with Crippen LogP contribution in [0.4, 0.5) is 11.5 Å². The lowest BCUT2D eigenvalue weighted by Crippen LogP contribution is -2.36. The number of pyridine rings is 1. The SMILES string of the molecule is O=C(NCc1ccc(N2CCOCC2)nc1)c1cc2c(cc1[N+](=O)[O-])OCCO2. The Morgan fingerprint density at radius 2 is 1.86 bits per heavy atom. The van der Waals surface area contributed by atoms with Gasteiger partial charge in [-0.3, -0.25) is 14.9 Å². The van der Waals surface area contributed by atoms with Crippen molar-refractivity contribution in [1.82, 2.24) is 10.3 Å². The predicted octanol–water partition coefficient (Wildman–Crippen LogP) is 1.53. The summed E-state index contributed by atoms with van der Waals surface area (Å²) >= 11 is 0. The van der Waals surface area contributed by atoms with E-state index in [0.717, 1.165) is 24.5 Å². The van der Waals surface area contributed by atoms with Gasteiger partial charge in [-0.1, -0.05) is 6.07 Å². The van der Waals surface area contributed by atoms with Crippen LogP contribution in [0.25, 0.3) is 0 Å². The number of hydrogen-bond acceptors (Lipinski definition) is 8. The zero-order chi connectivity index (χ0) is 20.2. The summed E-state index contributed by atoms with van der Waals surface area (Å²) in [7, 11) is 0. The van der Waals surface area contributed by atoms with Crippen molar-refractivity contribution < 1.29 is 23.9 Å². The molecule has 1 aromatic heterocycles. The van der Waals surface area contributed by atoms with Crippen LogP contribution in [-0.4, -0.2) is 55.3 Å². The third-order valence-electron chi connectivity index (χ3n) is 4.70. The Morgan fingerprint density at radius 3 is 2.52 bits per heavy atom. The van der Waals surface area contributed by atoms with Gasteiger partial charge in [0.05, 0.1) is 24.2 Å². The maximum absolute atomic E-state index is 12.6. The molecule has 1 fully saturated rings. The van der Waals surface area contributed by atoms with Gasteiger partial charge in [0.1, 0.15) is 24.6 Å². The molecule has 0 spiro atoms. The fraction of sp³-hybridized carbons (Fsp3) is 0.368. The Bertz CT molecular complexity index is 912. The van der Waals surface area contributed by atoms with Gasteiger partial charge in [-0.05, 0) is 11.6 Å². The molecule has 1 aromatic carbocycles. The molecule has 2 aliphatic heterocycles. The second kappa shape index (κ2) is 8.31. The number of hydrogen-bond donors (Lipinski definition) is 1. The maximum atomic E-state index is 12.6. The van der Waals surface area contributed by atoms with Crippen LogP contribution in [0.15, 0.2) is 30.5 Å². The fourth-order valence-electron chi connectivity index (χ4n) is 3.19. The van der Waals surface area contributed by atoms with Crippen LogP contribution in [0.5, 0.6) is 11.5 Å². The zero-order valence-electron chi connectivity index (χ0n) is 15.6. The summed E-state index contributed by atoms with van der Waals surface area (Å²) < 4.78 is 16.1. The minimum Gasteiger partial charge on any atom is -0.486 e. The molecule has 0 saturated carbocycles. The monoisotopic (exact) mass is 400 g/mol. The lowest BCUT2D eigenvalue weighted by molar-refractivity contribution is -0.385. The van der Waals surface area contributed by atoms with Crippen LogP contribution in [-0.2, 0) is 11.3 Å². The topological polar surface area (TPSA) is 116 Å². The third kappa shape index (κ3) is 4.21. The Morgan fingerprint density at radius 1 is 1.14 bits per heavy atom. The van der Waals surface area contributed by atoms with Crippen LogP contribution < -0.4 is 19.7 Å². The number of nitro groups is 1. The average Bonchev–Trinajstić information content (AvgIpc) is 2.77. The van der Waals surface area contributed by atoms with E-state index in [-0.39, 0.29) is 23.5 Å². The van der Waals surface area contributed by atoms with Crippen molar-refractivity contribution in [2.24, 2.45) is 0 Å². The second-order valence-electron chi connectivity index (χ2n) is 6.58. The first-order chi connectivity index (χ1) is 14.1. The van der Waals surface area contributed by atoms with Crippen molar-refractivity contribution in [1.29, 1.82) is 0 Å². The first kappa shape index (κ1) is 18.9. The molecule has 1 amide bonds. The number of anilines is 1. The van der Waals surface area contributed by atoms with E-state index >= 15 is 0 Å². The summed E-state index contributed by atoms with van der Waals surface area (Å²) in [6.45, 7) is 3.76. The van der Waals surface area contributed by atoms with E-state index in [2.05, 4.69) is 15.2 Å². The van der Waals surface area contributed by atoms with Crippen LogP contribution >= 0.6 is 0 Å². The highest BCUT2D eigenvalue weighted by molar-refractivity contribution is 5.99. The molecule has 0 radical (unpaired) electrons.